The molecule has 0 radical (unpaired) electrons. The van der Waals surface area contributed by atoms with Crippen molar-refractivity contribution >= 4 is 11.6 Å². The summed E-state index contributed by atoms with van der Waals surface area (Å²) >= 11 is 5.52. The number of phenolic OH excluding ortho intramolecular Hbond substituents is 1. The van der Waals surface area contributed by atoms with Crippen LogP contribution in [0.2, 0.25) is 5.02 Å². The molecular formula is C10H11ClF3NO. The van der Waals surface area contributed by atoms with Gasteiger partial charge in [0, 0.05) is 6.04 Å². The normalized spacial score (nSPS) is 13.9. The number of aromatic hydroxyl groups is 1. The quantitative estimate of drug-likeness (QED) is 0.851. The van der Waals surface area contributed by atoms with Crippen molar-refractivity contribution in [2.75, 3.05) is 0 Å². The molecule has 0 saturated heterocycles. The molecule has 16 heavy (non-hydrogen) atoms. The van der Waals surface area contributed by atoms with E-state index < -0.39 is 11.7 Å². The van der Waals surface area contributed by atoms with Crippen LogP contribution < -0.4 is 5.73 Å². The molecule has 0 bridgehead atoms. The fourth-order valence-electron chi connectivity index (χ4n) is 1.32. The van der Waals surface area contributed by atoms with E-state index in [4.69, 9.17) is 17.3 Å². The molecule has 0 spiro atoms. The molecule has 2 nitrogen and oxygen atoms in total. The van der Waals surface area contributed by atoms with Crippen LogP contribution in [-0.4, -0.2) is 11.1 Å². The largest absolute Gasteiger partial charge is 0.506 e. The van der Waals surface area contributed by atoms with E-state index in [0.717, 1.165) is 6.07 Å². The monoisotopic (exact) mass is 253 g/mol. The number of nitrogens with two attached hydrogens (primary N) is 1. The summed E-state index contributed by atoms with van der Waals surface area (Å²) in [7, 11) is 0. The number of halogens is 4. The Morgan fingerprint density at radius 3 is 2.44 bits per heavy atom. The first-order valence-electron chi connectivity index (χ1n) is 4.56. The number of benzene rings is 1. The molecule has 90 valence electrons. The molecule has 0 heterocycles. The van der Waals surface area contributed by atoms with E-state index in [2.05, 4.69) is 0 Å². The highest BCUT2D eigenvalue weighted by Crippen LogP contribution is 2.37. The lowest BCUT2D eigenvalue weighted by molar-refractivity contribution is -0.137. The molecule has 1 atom stereocenters. The van der Waals surface area contributed by atoms with Gasteiger partial charge in [-0.2, -0.15) is 13.2 Å². The SMILES string of the molecule is CC(N)Cc1cc(C(F)(F)F)cc(Cl)c1O. The second-order valence-corrected chi connectivity index (χ2v) is 4.05. The van der Waals surface area contributed by atoms with Gasteiger partial charge in [-0.1, -0.05) is 11.6 Å². The summed E-state index contributed by atoms with van der Waals surface area (Å²) in [4.78, 5) is 0. The van der Waals surface area contributed by atoms with Crippen LogP contribution in [0.25, 0.3) is 0 Å². The molecule has 6 heteroatoms. The van der Waals surface area contributed by atoms with Crippen LogP contribution in [0.4, 0.5) is 13.2 Å². The van der Waals surface area contributed by atoms with E-state index in [0.29, 0.717) is 6.07 Å². The van der Waals surface area contributed by atoms with Crippen LogP contribution in [0, 0.1) is 0 Å². The Kier molecular flexibility index (Phi) is 3.70. The van der Waals surface area contributed by atoms with Crippen LogP contribution in [0.1, 0.15) is 18.1 Å². The molecule has 3 N–H and O–H groups in total. The third-order valence-electron chi connectivity index (χ3n) is 2.01. The van der Waals surface area contributed by atoms with Gasteiger partial charge in [0.15, 0.2) is 0 Å². The minimum absolute atomic E-state index is 0.106. The van der Waals surface area contributed by atoms with Crippen molar-refractivity contribution in [3.8, 4) is 5.75 Å². The highest BCUT2D eigenvalue weighted by molar-refractivity contribution is 6.32. The summed E-state index contributed by atoms with van der Waals surface area (Å²) < 4.78 is 37.3. The Bertz CT molecular complexity index is 390. The zero-order valence-corrected chi connectivity index (χ0v) is 9.23. The Balaban J connectivity index is 3.22. The van der Waals surface area contributed by atoms with Crippen LogP contribution in [0.5, 0.6) is 5.75 Å². The third kappa shape index (κ3) is 3.02. The fraction of sp³-hybridized carbons (Fsp3) is 0.400. The Morgan fingerprint density at radius 1 is 1.44 bits per heavy atom. The van der Waals surface area contributed by atoms with Crippen LogP contribution in [0.3, 0.4) is 0 Å². The summed E-state index contributed by atoms with van der Waals surface area (Å²) in [6.07, 6.45) is -4.35. The molecule has 0 aliphatic rings. The lowest BCUT2D eigenvalue weighted by Gasteiger charge is -2.13. The molecule has 0 aliphatic heterocycles. The van der Waals surface area contributed by atoms with E-state index in [1.165, 1.54) is 0 Å². The molecule has 0 aromatic heterocycles. The van der Waals surface area contributed by atoms with E-state index in [-0.39, 0.29) is 28.8 Å². The summed E-state index contributed by atoms with van der Waals surface area (Å²) in [5, 5.41) is 9.17. The highest BCUT2D eigenvalue weighted by atomic mass is 35.5. The van der Waals surface area contributed by atoms with Crippen molar-refractivity contribution in [3.05, 3.63) is 28.3 Å². The molecule has 1 unspecified atom stereocenters. The molecule has 1 aromatic carbocycles. The van der Waals surface area contributed by atoms with Gasteiger partial charge in [-0.05, 0) is 31.0 Å². The number of rotatable bonds is 2. The Labute approximate surface area is 95.8 Å². The first-order valence-corrected chi connectivity index (χ1v) is 4.93. The predicted molar refractivity (Wildman–Crippen MR) is 55.5 cm³/mol. The minimum atomic E-state index is -4.48. The molecule has 0 aliphatic carbocycles. The van der Waals surface area contributed by atoms with E-state index in [9.17, 15) is 18.3 Å². The topological polar surface area (TPSA) is 46.2 Å². The highest BCUT2D eigenvalue weighted by Gasteiger charge is 2.32. The lowest BCUT2D eigenvalue weighted by Crippen LogP contribution is -2.18. The van der Waals surface area contributed by atoms with Gasteiger partial charge in [-0.25, -0.2) is 0 Å². The van der Waals surface area contributed by atoms with Gasteiger partial charge in [0.1, 0.15) is 5.75 Å². The number of alkyl halides is 3. The van der Waals surface area contributed by atoms with E-state index >= 15 is 0 Å². The van der Waals surface area contributed by atoms with E-state index in [1.807, 2.05) is 0 Å². The van der Waals surface area contributed by atoms with Gasteiger partial charge in [0.25, 0.3) is 0 Å². The fourth-order valence-corrected chi connectivity index (χ4v) is 1.56. The summed E-state index contributed by atoms with van der Waals surface area (Å²) in [6, 6.07) is 1.21. The van der Waals surface area contributed by atoms with Crippen molar-refractivity contribution in [3.63, 3.8) is 0 Å². The maximum absolute atomic E-state index is 12.4. The van der Waals surface area contributed by atoms with Gasteiger partial charge in [-0.15, -0.1) is 0 Å². The van der Waals surface area contributed by atoms with Gasteiger partial charge < -0.3 is 10.8 Å². The number of hydrogen-bond donors (Lipinski definition) is 2. The van der Waals surface area contributed by atoms with Crippen LogP contribution in [-0.2, 0) is 12.6 Å². The van der Waals surface area contributed by atoms with Crippen molar-refractivity contribution in [2.24, 2.45) is 5.73 Å². The van der Waals surface area contributed by atoms with Crippen molar-refractivity contribution < 1.29 is 18.3 Å². The summed E-state index contributed by atoms with van der Waals surface area (Å²) in [5.74, 6) is -0.341. The minimum Gasteiger partial charge on any atom is -0.506 e. The predicted octanol–water partition coefficient (Wildman–Crippen LogP) is 2.95. The molecule has 0 fully saturated rings. The number of phenols is 1. The van der Waals surface area contributed by atoms with Crippen LogP contribution >= 0.6 is 11.6 Å². The zero-order valence-electron chi connectivity index (χ0n) is 8.48. The van der Waals surface area contributed by atoms with Gasteiger partial charge >= 0.3 is 6.18 Å². The zero-order chi connectivity index (χ0) is 12.5. The first kappa shape index (κ1) is 13.1. The van der Waals surface area contributed by atoms with Gasteiger partial charge in [-0.3, -0.25) is 0 Å². The van der Waals surface area contributed by atoms with Crippen molar-refractivity contribution in [1.29, 1.82) is 0 Å². The maximum Gasteiger partial charge on any atom is 0.416 e. The smallest absolute Gasteiger partial charge is 0.416 e. The lowest BCUT2D eigenvalue weighted by atomic mass is 10.0. The summed E-state index contributed by atoms with van der Waals surface area (Å²) in [5.41, 5.74) is 4.69. The third-order valence-corrected chi connectivity index (χ3v) is 2.30. The Hall–Kier alpha value is -0.940. The standard InChI is InChI=1S/C10H11ClF3NO/c1-5(15)2-6-3-7(10(12,13)14)4-8(11)9(6)16/h3-5,16H,2,15H2,1H3. The first-order chi connectivity index (χ1) is 7.21. The van der Waals surface area contributed by atoms with Gasteiger partial charge in [0.05, 0.1) is 10.6 Å². The second-order valence-electron chi connectivity index (χ2n) is 3.64. The molecule has 1 aromatic rings. The molecule has 0 saturated carbocycles. The molecular weight excluding hydrogens is 243 g/mol. The molecule has 1 rings (SSSR count). The van der Waals surface area contributed by atoms with E-state index in [1.54, 1.807) is 6.92 Å². The van der Waals surface area contributed by atoms with Crippen LogP contribution in [0.15, 0.2) is 12.1 Å². The number of hydrogen-bond acceptors (Lipinski definition) is 2. The Morgan fingerprint density at radius 2 is 2.00 bits per heavy atom. The maximum atomic E-state index is 12.4. The van der Waals surface area contributed by atoms with Gasteiger partial charge in [0.2, 0.25) is 0 Å². The van der Waals surface area contributed by atoms with Crippen molar-refractivity contribution in [2.45, 2.75) is 25.6 Å². The summed E-state index contributed by atoms with van der Waals surface area (Å²) in [6.45, 7) is 1.63. The molecule has 0 amide bonds. The second kappa shape index (κ2) is 4.51. The average molecular weight is 254 g/mol. The van der Waals surface area contributed by atoms with Crippen molar-refractivity contribution in [1.82, 2.24) is 0 Å². The average Bonchev–Trinajstić information content (AvgIpc) is 2.10.